The van der Waals surface area contributed by atoms with E-state index in [1.54, 1.807) is 0 Å². The lowest BCUT2D eigenvalue weighted by Crippen LogP contribution is -2.43. The highest BCUT2D eigenvalue weighted by atomic mass is 16.1. The molecule has 0 aliphatic heterocycles. The van der Waals surface area contributed by atoms with Crippen LogP contribution in [0.25, 0.3) is 0 Å². The van der Waals surface area contributed by atoms with Gasteiger partial charge in [0, 0.05) is 12.1 Å². The van der Waals surface area contributed by atoms with Crippen molar-refractivity contribution >= 4 is 5.91 Å². The van der Waals surface area contributed by atoms with E-state index in [2.05, 4.69) is 10.6 Å². The zero-order valence-electron chi connectivity index (χ0n) is 10.1. The molecule has 0 saturated heterocycles. The van der Waals surface area contributed by atoms with Crippen molar-refractivity contribution in [3.63, 3.8) is 0 Å². The Morgan fingerprint density at radius 3 is 2.12 bits per heavy atom. The third kappa shape index (κ3) is 3.78. The summed E-state index contributed by atoms with van der Waals surface area (Å²) in [5, 5.41) is 6.50. The lowest BCUT2D eigenvalue weighted by Gasteiger charge is -2.23. The van der Waals surface area contributed by atoms with Crippen LogP contribution in [0.4, 0.5) is 0 Å². The predicted octanol–water partition coefficient (Wildman–Crippen LogP) is 1.97. The summed E-state index contributed by atoms with van der Waals surface area (Å²) in [6.45, 7) is 0.515. The first-order valence-corrected chi connectivity index (χ1v) is 6.87. The van der Waals surface area contributed by atoms with Crippen molar-refractivity contribution in [2.75, 3.05) is 6.54 Å². The second kappa shape index (κ2) is 6.24. The molecule has 3 nitrogen and oxygen atoms in total. The predicted molar refractivity (Wildman–Crippen MR) is 65.3 cm³/mol. The lowest BCUT2D eigenvalue weighted by molar-refractivity contribution is -0.121. The Morgan fingerprint density at radius 2 is 1.44 bits per heavy atom. The Morgan fingerprint density at radius 1 is 0.875 bits per heavy atom. The highest BCUT2D eigenvalue weighted by molar-refractivity contribution is 5.78. The monoisotopic (exact) mass is 224 g/mol. The Balaban J connectivity index is 1.59. The van der Waals surface area contributed by atoms with E-state index in [-0.39, 0.29) is 5.91 Å². The van der Waals surface area contributed by atoms with E-state index in [9.17, 15) is 4.79 Å². The molecule has 1 amide bonds. The van der Waals surface area contributed by atoms with Crippen molar-refractivity contribution in [1.82, 2.24) is 10.6 Å². The molecule has 0 radical (unpaired) electrons. The fourth-order valence-electron chi connectivity index (χ4n) is 2.89. The van der Waals surface area contributed by atoms with Crippen LogP contribution in [0, 0.1) is 0 Å². The van der Waals surface area contributed by atoms with Crippen molar-refractivity contribution in [3.8, 4) is 0 Å². The number of nitrogens with one attached hydrogen (secondary N) is 2. The highest BCUT2D eigenvalue weighted by Crippen LogP contribution is 2.18. The number of carbonyl (C=O) groups excluding carboxylic acids is 1. The third-order valence-corrected chi connectivity index (χ3v) is 3.88. The Bertz CT molecular complexity index is 218. The normalized spacial score (nSPS) is 23.5. The number of carbonyl (C=O) groups is 1. The SMILES string of the molecule is O=C(CNC1CCCC1)NC1CCCCC1. The molecule has 0 aromatic carbocycles. The smallest absolute Gasteiger partial charge is 0.234 e. The van der Waals surface area contributed by atoms with Gasteiger partial charge in [-0.15, -0.1) is 0 Å². The minimum Gasteiger partial charge on any atom is -0.352 e. The zero-order valence-corrected chi connectivity index (χ0v) is 10.1. The maximum atomic E-state index is 11.7. The van der Waals surface area contributed by atoms with Crippen molar-refractivity contribution in [2.45, 2.75) is 69.9 Å². The van der Waals surface area contributed by atoms with Crippen LogP contribution >= 0.6 is 0 Å². The van der Waals surface area contributed by atoms with E-state index in [1.807, 2.05) is 0 Å². The van der Waals surface area contributed by atoms with E-state index < -0.39 is 0 Å². The quantitative estimate of drug-likeness (QED) is 0.766. The van der Waals surface area contributed by atoms with Crippen molar-refractivity contribution in [2.24, 2.45) is 0 Å². The van der Waals surface area contributed by atoms with Crippen LogP contribution in [0.5, 0.6) is 0 Å². The van der Waals surface area contributed by atoms with Gasteiger partial charge in [-0.3, -0.25) is 4.79 Å². The summed E-state index contributed by atoms with van der Waals surface area (Å²) >= 11 is 0. The van der Waals surface area contributed by atoms with Gasteiger partial charge in [-0.1, -0.05) is 32.1 Å². The molecule has 92 valence electrons. The van der Waals surface area contributed by atoms with Crippen molar-refractivity contribution < 1.29 is 4.79 Å². The number of hydrogen-bond donors (Lipinski definition) is 2. The molecule has 2 rings (SSSR count). The van der Waals surface area contributed by atoms with Crippen molar-refractivity contribution in [1.29, 1.82) is 0 Å². The minimum atomic E-state index is 0.193. The summed E-state index contributed by atoms with van der Waals surface area (Å²) in [5.41, 5.74) is 0. The summed E-state index contributed by atoms with van der Waals surface area (Å²) in [5.74, 6) is 0.193. The first kappa shape index (κ1) is 11.9. The van der Waals surface area contributed by atoms with Crippen LogP contribution in [0.1, 0.15) is 57.8 Å². The molecular formula is C13H24N2O. The van der Waals surface area contributed by atoms with Gasteiger partial charge in [-0.05, 0) is 25.7 Å². The summed E-state index contributed by atoms with van der Waals surface area (Å²) in [6, 6.07) is 1.05. The summed E-state index contributed by atoms with van der Waals surface area (Å²) in [7, 11) is 0. The molecule has 0 bridgehead atoms. The molecule has 0 aromatic rings. The zero-order chi connectivity index (χ0) is 11.2. The average molecular weight is 224 g/mol. The van der Waals surface area contributed by atoms with Gasteiger partial charge < -0.3 is 10.6 Å². The van der Waals surface area contributed by atoms with Crippen LogP contribution in [-0.2, 0) is 4.79 Å². The second-order valence-electron chi connectivity index (χ2n) is 5.26. The lowest BCUT2D eigenvalue weighted by atomic mass is 9.95. The molecule has 2 N–H and O–H groups in total. The summed E-state index contributed by atoms with van der Waals surface area (Å²) in [4.78, 5) is 11.7. The standard InChI is InChI=1S/C13H24N2O/c16-13(10-14-11-6-4-5-7-11)15-12-8-2-1-3-9-12/h11-12,14H,1-10H2,(H,15,16). The molecule has 2 saturated carbocycles. The van der Waals surface area contributed by atoms with Gasteiger partial charge in [0.1, 0.15) is 0 Å². The molecule has 0 atom stereocenters. The molecule has 3 heteroatoms. The second-order valence-corrected chi connectivity index (χ2v) is 5.26. The number of rotatable bonds is 4. The molecule has 2 fully saturated rings. The fraction of sp³-hybridized carbons (Fsp3) is 0.923. The molecule has 2 aliphatic carbocycles. The summed E-state index contributed by atoms with van der Waals surface area (Å²) in [6.07, 6.45) is 11.4. The van der Waals surface area contributed by atoms with Crippen LogP contribution in [0.3, 0.4) is 0 Å². The maximum absolute atomic E-state index is 11.7. The third-order valence-electron chi connectivity index (χ3n) is 3.88. The molecule has 16 heavy (non-hydrogen) atoms. The molecule has 0 aromatic heterocycles. The maximum Gasteiger partial charge on any atom is 0.234 e. The largest absolute Gasteiger partial charge is 0.352 e. The average Bonchev–Trinajstić information content (AvgIpc) is 2.81. The summed E-state index contributed by atoms with van der Waals surface area (Å²) < 4.78 is 0. The van der Waals surface area contributed by atoms with Crippen LogP contribution in [0.2, 0.25) is 0 Å². The molecule has 0 unspecified atom stereocenters. The first-order chi connectivity index (χ1) is 7.84. The minimum absolute atomic E-state index is 0.193. The van der Waals surface area contributed by atoms with Gasteiger partial charge >= 0.3 is 0 Å². The van der Waals surface area contributed by atoms with E-state index in [1.165, 1.54) is 57.8 Å². The van der Waals surface area contributed by atoms with Gasteiger partial charge in [-0.2, -0.15) is 0 Å². The van der Waals surface area contributed by atoms with Gasteiger partial charge in [0.2, 0.25) is 5.91 Å². The number of amides is 1. The Kier molecular flexibility index (Phi) is 4.64. The van der Waals surface area contributed by atoms with Crippen molar-refractivity contribution in [3.05, 3.63) is 0 Å². The van der Waals surface area contributed by atoms with Crippen LogP contribution in [-0.4, -0.2) is 24.5 Å². The molecule has 0 spiro atoms. The van der Waals surface area contributed by atoms with Crippen LogP contribution < -0.4 is 10.6 Å². The topological polar surface area (TPSA) is 41.1 Å². The van der Waals surface area contributed by atoms with Gasteiger partial charge in [0.15, 0.2) is 0 Å². The van der Waals surface area contributed by atoms with Gasteiger partial charge in [0.25, 0.3) is 0 Å². The van der Waals surface area contributed by atoms with E-state index in [0.29, 0.717) is 18.6 Å². The number of hydrogen-bond acceptors (Lipinski definition) is 2. The van der Waals surface area contributed by atoms with Gasteiger partial charge in [0.05, 0.1) is 6.54 Å². The van der Waals surface area contributed by atoms with Gasteiger partial charge in [-0.25, -0.2) is 0 Å². The Labute approximate surface area is 98.4 Å². The molecule has 0 heterocycles. The van der Waals surface area contributed by atoms with Crippen LogP contribution in [0.15, 0.2) is 0 Å². The van der Waals surface area contributed by atoms with E-state index in [4.69, 9.17) is 0 Å². The molecular weight excluding hydrogens is 200 g/mol. The Hall–Kier alpha value is -0.570. The fourth-order valence-corrected chi connectivity index (χ4v) is 2.89. The highest BCUT2D eigenvalue weighted by Gasteiger charge is 2.18. The van der Waals surface area contributed by atoms with E-state index >= 15 is 0 Å². The van der Waals surface area contributed by atoms with E-state index in [0.717, 1.165) is 0 Å². The molecule has 2 aliphatic rings. The first-order valence-electron chi connectivity index (χ1n) is 6.87.